The van der Waals surface area contributed by atoms with E-state index in [-0.39, 0.29) is 17.2 Å². The summed E-state index contributed by atoms with van der Waals surface area (Å²) in [6, 6.07) is 1.60. The maximum atomic E-state index is 11.9. The van der Waals surface area contributed by atoms with Gasteiger partial charge in [0.25, 0.3) is 0 Å². The van der Waals surface area contributed by atoms with Gasteiger partial charge < -0.3 is 14.2 Å². The Morgan fingerprint density at radius 3 is 2.32 bits per heavy atom. The third-order valence-corrected chi connectivity index (χ3v) is 2.88. The Bertz CT molecular complexity index is 457. The normalized spacial score (nSPS) is 10.2. The molecule has 0 aliphatic carbocycles. The molecule has 0 aliphatic rings. The largest absolute Gasteiger partial charge is 0.493 e. The van der Waals surface area contributed by atoms with Crippen molar-refractivity contribution in [3.8, 4) is 11.5 Å². The molecule has 5 heteroatoms. The van der Waals surface area contributed by atoms with Crippen LogP contribution in [-0.4, -0.2) is 25.8 Å². The van der Waals surface area contributed by atoms with Gasteiger partial charge in [0.2, 0.25) is 0 Å². The predicted molar refractivity (Wildman–Crippen MR) is 74.5 cm³/mol. The number of carbonyl (C=O) groups excluding carboxylic acids is 1. The third-order valence-electron chi connectivity index (χ3n) is 2.51. The Morgan fingerprint density at radius 1 is 1.16 bits per heavy atom. The summed E-state index contributed by atoms with van der Waals surface area (Å²) in [5.41, 5.74) is 1.04. The summed E-state index contributed by atoms with van der Waals surface area (Å²) >= 11 is 6.21. The highest BCUT2D eigenvalue weighted by atomic mass is 35.5. The predicted octanol–water partition coefficient (Wildman–Crippen LogP) is 3.62. The van der Waals surface area contributed by atoms with Crippen molar-refractivity contribution in [2.45, 2.75) is 27.7 Å². The molecule has 1 rings (SSSR count). The summed E-state index contributed by atoms with van der Waals surface area (Å²) < 4.78 is 16.0. The van der Waals surface area contributed by atoms with E-state index in [1.165, 1.54) is 0 Å². The first-order valence-corrected chi connectivity index (χ1v) is 6.70. The van der Waals surface area contributed by atoms with E-state index < -0.39 is 5.97 Å². The Morgan fingerprint density at radius 2 is 1.79 bits per heavy atom. The molecule has 0 radical (unpaired) electrons. The molecule has 0 N–H and O–H groups in total. The van der Waals surface area contributed by atoms with Crippen molar-refractivity contribution in [1.82, 2.24) is 0 Å². The molecule has 0 heterocycles. The first-order valence-electron chi connectivity index (χ1n) is 6.32. The monoisotopic (exact) mass is 286 g/mol. The quantitative estimate of drug-likeness (QED) is 0.749. The summed E-state index contributed by atoms with van der Waals surface area (Å²) in [6.45, 7) is 8.56. The first kappa shape index (κ1) is 15.6. The zero-order valence-corrected chi connectivity index (χ0v) is 12.5. The highest BCUT2D eigenvalue weighted by molar-refractivity contribution is 6.35. The van der Waals surface area contributed by atoms with Crippen LogP contribution >= 0.6 is 11.6 Å². The van der Waals surface area contributed by atoms with Gasteiger partial charge in [-0.1, -0.05) is 11.6 Å². The molecule has 1 aromatic rings. The van der Waals surface area contributed by atoms with Crippen molar-refractivity contribution in [3.05, 3.63) is 22.2 Å². The molecule has 0 aromatic heterocycles. The number of halogens is 1. The second kappa shape index (κ2) is 7.24. The summed E-state index contributed by atoms with van der Waals surface area (Å²) in [4.78, 5) is 11.9. The smallest absolute Gasteiger partial charge is 0.339 e. The van der Waals surface area contributed by atoms with Crippen molar-refractivity contribution in [3.63, 3.8) is 0 Å². The van der Waals surface area contributed by atoms with Crippen LogP contribution in [-0.2, 0) is 4.74 Å². The highest BCUT2D eigenvalue weighted by Gasteiger charge is 2.21. The molecule has 1 aromatic carbocycles. The standard InChI is InChI=1S/C14H19ClO4/c1-5-17-11-8-10(14(16)19-7-3)12(15)13(9(11)4)18-6-2/h8H,5-7H2,1-4H3. The SMILES string of the molecule is CCOC(=O)c1cc(OCC)c(C)c(OCC)c1Cl. The summed E-state index contributed by atoms with van der Waals surface area (Å²) in [5.74, 6) is 0.575. The van der Waals surface area contributed by atoms with E-state index in [0.717, 1.165) is 5.56 Å². The van der Waals surface area contributed by atoms with Gasteiger partial charge in [-0.2, -0.15) is 0 Å². The lowest BCUT2D eigenvalue weighted by atomic mass is 10.1. The molecule has 0 bridgehead atoms. The average molecular weight is 287 g/mol. The zero-order chi connectivity index (χ0) is 14.4. The van der Waals surface area contributed by atoms with Crippen LogP contribution < -0.4 is 9.47 Å². The summed E-state index contributed by atoms with van der Waals surface area (Å²) in [7, 11) is 0. The van der Waals surface area contributed by atoms with Crippen molar-refractivity contribution in [2.24, 2.45) is 0 Å². The van der Waals surface area contributed by atoms with Crippen LogP contribution in [0.1, 0.15) is 36.7 Å². The number of ether oxygens (including phenoxy) is 3. The number of hydrogen-bond donors (Lipinski definition) is 0. The van der Waals surface area contributed by atoms with Gasteiger partial charge in [0.1, 0.15) is 11.5 Å². The maximum absolute atomic E-state index is 11.9. The van der Waals surface area contributed by atoms with Gasteiger partial charge in [0.15, 0.2) is 0 Å². The molecule has 0 spiro atoms. The molecule has 106 valence electrons. The minimum Gasteiger partial charge on any atom is -0.493 e. The Balaban J connectivity index is 3.33. The molecular formula is C14H19ClO4. The van der Waals surface area contributed by atoms with E-state index in [0.29, 0.717) is 24.7 Å². The molecule has 0 amide bonds. The van der Waals surface area contributed by atoms with Crippen LogP contribution in [0.2, 0.25) is 5.02 Å². The highest BCUT2D eigenvalue weighted by Crippen LogP contribution is 2.38. The topological polar surface area (TPSA) is 44.8 Å². The number of benzene rings is 1. The van der Waals surface area contributed by atoms with Gasteiger partial charge in [-0.05, 0) is 33.8 Å². The first-order chi connectivity index (χ1) is 9.06. The number of hydrogen-bond acceptors (Lipinski definition) is 4. The molecule has 0 atom stereocenters. The second-order valence-electron chi connectivity index (χ2n) is 3.78. The second-order valence-corrected chi connectivity index (χ2v) is 4.15. The van der Waals surface area contributed by atoms with Gasteiger partial charge >= 0.3 is 5.97 Å². The Labute approximate surface area is 118 Å². The maximum Gasteiger partial charge on any atom is 0.339 e. The van der Waals surface area contributed by atoms with Crippen LogP contribution in [0.15, 0.2) is 6.07 Å². The molecule has 0 saturated carbocycles. The summed E-state index contributed by atoms with van der Waals surface area (Å²) in [6.07, 6.45) is 0. The van der Waals surface area contributed by atoms with Gasteiger partial charge in [0, 0.05) is 5.56 Å². The fraction of sp³-hybridized carbons (Fsp3) is 0.500. The van der Waals surface area contributed by atoms with Crippen molar-refractivity contribution in [1.29, 1.82) is 0 Å². The van der Waals surface area contributed by atoms with Crippen molar-refractivity contribution in [2.75, 3.05) is 19.8 Å². The zero-order valence-electron chi connectivity index (χ0n) is 11.7. The molecule has 19 heavy (non-hydrogen) atoms. The molecular weight excluding hydrogens is 268 g/mol. The molecule has 4 nitrogen and oxygen atoms in total. The van der Waals surface area contributed by atoms with Crippen LogP contribution in [0.25, 0.3) is 0 Å². The van der Waals surface area contributed by atoms with Crippen LogP contribution in [0.3, 0.4) is 0 Å². The van der Waals surface area contributed by atoms with Crippen LogP contribution in [0, 0.1) is 6.92 Å². The molecule has 0 fully saturated rings. The third kappa shape index (κ3) is 3.53. The van der Waals surface area contributed by atoms with E-state index in [4.69, 9.17) is 25.8 Å². The fourth-order valence-corrected chi connectivity index (χ4v) is 2.01. The van der Waals surface area contributed by atoms with Gasteiger partial charge in [-0.3, -0.25) is 0 Å². The van der Waals surface area contributed by atoms with E-state index in [1.807, 2.05) is 20.8 Å². The fourth-order valence-electron chi connectivity index (χ4n) is 1.68. The van der Waals surface area contributed by atoms with E-state index >= 15 is 0 Å². The van der Waals surface area contributed by atoms with E-state index in [2.05, 4.69) is 0 Å². The van der Waals surface area contributed by atoms with Crippen LogP contribution in [0.4, 0.5) is 0 Å². The summed E-state index contributed by atoms with van der Waals surface area (Å²) in [5, 5.41) is 0.265. The van der Waals surface area contributed by atoms with Gasteiger partial charge in [-0.15, -0.1) is 0 Å². The number of rotatable bonds is 6. The van der Waals surface area contributed by atoms with E-state index in [9.17, 15) is 4.79 Å². The molecule has 0 saturated heterocycles. The lowest BCUT2D eigenvalue weighted by molar-refractivity contribution is 0.0525. The Hall–Kier alpha value is -1.42. The molecule has 0 unspecified atom stereocenters. The minimum absolute atomic E-state index is 0.265. The average Bonchev–Trinajstić information content (AvgIpc) is 2.38. The van der Waals surface area contributed by atoms with E-state index in [1.54, 1.807) is 13.0 Å². The van der Waals surface area contributed by atoms with Crippen molar-refractivity contribution < 1.29 is 19.0 Å². The molecule has 0 aliphatic heterocycles. The van der Waals surface area contributed by atoms with Crippen LogP contribution in [0.5, 0.6) is 11.5 Å². The Kier molecular flexibility index (Phi) is 5.96. The number of carbonyl (C=O) groups is 1. The lowest BCUT2D eigenvalue weighted by Gasteiger charge is -2.16. The number of esters is 1. The van der Waals surface area contributed by atoms with Gasteiger partial charge in [0.05, 0.1) is 30.4 Å². The minimum atomic E-state index is -0.477. The lowest BCUT2D eigenvalue weighted by Crippen LogP contribution is -2.09. The van der Waals surface area contributed by atoms with Crippen molar-refractivity contribution >= 4 is 17.6 Å². The van der Waals surface area contributed by atoms with Gasteiger partial charge in [-0.25, -0.2) is 4.79 Å².